The second-order valence-corrected chi connectivity index (χ2v) is 9.61. The number of hydrogen-bond acceptors (Lipinski definition) is 3. The van der Waals surface area contributed by atoms with Crippen LogP contribution in [0.5, 0.6) is 0 Å². The highest BCUT2D eigenvalue weighted by Gasteiger charge is 2.27. The smallest absolute Gasteiger partial charge is 0.407 e. The standard InChI is InChI=1S/C24H25BrN4O3/c1-24(2,3)29-23(31)32-13-18(17-11-26-19-7-5-4-6-15(17)19)22(30)28-21-12-27-20-9-8-14(25)10-16(20)21/h4-12,18,26-27H,13H2,1-3H3,(H,28,30)(H,29,31). The topological polar surface area (TPSA) is 99.0 Å². The summed E-state index contributed by atoms with van der Waals surface area (Å²) in [5.41, 5.74) is 2.81. The Morgan fingerprint density at radius 2 is 1.75 bits per heavy atom. The highest BCUT2D eigenvalue weighted by atomic mass is 79.9. The van der Waals surface area contributed by atoms with Crippen LogP contribution in [0.3, 0.4) is 0 Å². The first-order chi connectivity index (χ1) is 15.2. The molecular formula is C24H25BrN4O3. The summed E-state index contributed by atoms with van der Waals surface area (Å²) in [6, 6.07) is 13.5. The number of ether oxygens (including phenoxy) is 1. The number of carbonyl (C=O) groups excluding carboxylic acids is 2. The van der Waals surface area contributed by atoms with Gasteiger partial charge in [0.15, 0.2) is 0 Å². The molecule has 166 valence electrons. The van der Waals surface area contributed by atoms with E-state index < -0.39 is 17.6 Å². The van der Waals surface area contributed by atoms with E-state index in [1.165, 1.54) is 0 Å². The molecule has 1 atom stereocenters. The molecule has 2 heterocycles. The fourth-order valence-electron chi connectivity index (χ4n) is 3.61. The summed E-state index contributed by atoms with van der Waals surface area (Å²) < 4.78 is 6.37. The van der Waals surface area contributed by atoms with Crippen molar-refractivity contribution in [2.24, 2.45) is 0 Å². The van der Waals surface area contributed by atoms with E-state index in [-0.39, 0.29) is 12.5 Å². The van der Waals surface area contributed by atoms with Gasteiger partial charge in [-0.2, -0.15) is 0 Å². The van der Waals surface area contributed by atoms with Crippen LogP contribution in [0.2, 0.25) is 0 Å². The molecule has 0 bridgehead atoms. The van der Waals surface area contributed by atoms with E-state index in [4.69, 9.17) is 4.74 Å². The Morgan fingerprint density at radius 1 is 1.03 bits per heavy atom. The van der Waals surface area contributed by atoms with Gasteiger partial charge in [0.2, 0.25) is 5.91 Å². The van der Waals surface area contributed by atoms with Gasteiger partial charge in [0.1, 0.15) is 6.61 Å². The number of H-pyrrole nitrogens is 2. The van der Waals surface area contributed by atoms with E-state index in [0.717, 1.165) is 31.8 Å². The molecule has 0 aliphatic carbocycles. The van der Waals surface area contributed by atoms with E-state index in [9.17, 15) is 9.59 Å². The number of carbonyl (C=O) groups is 2. The molecule has 0 saturated heterocycles. The van der Waals surface area contributed by atoms with E-state index >= 15 is 0 Å². The van der Waals surface area contributed by atoms with Gasteiger partial charge < -0.3 is 25.3 Å². The van der Waals surface area contributed by atoms with Crippen LogP contribution < -0.4 is 10.6 Å². The van der Waals surface area contributed by atoms with Crippen molar-refractivity contribution in [1.29, 1.82) is 0 Å². The first kappa shape index (κ1) is 22.0. The molecule has 1 unspecified atom stereocenters. The molecule has 4 rings (SSSR count). The fourth-order valence-corrected chi connectivity index (χ4v) is 3.97. The van der Waals surface area contributed by atoms with E-state index in [0.29, 0.717) is 5.69 Å². The number of benzene rings is 2. The van der Waals surface area contributed by atoms with Crippen LogP contribution in [0.15, 0.2) is 59.3 Å². The lowest BCUT2D eigenvalue weighted by molar-refractivity contribution is -0.118. The molecule has 8 heteroatoms. The predicted molar refractivity (Wildman–Crippen MR) is 130 cm³/mol. The molecule has 2 amide bonds. The van der Waals surface area contributed by atoms with Crippen LogP contribution in [-0.4, -0.2) is 34.1 Å². The van der Waals surface area contributed by atoms with Crippen molar-refractivity contribution < 1.29 is 14.3 Å². The van der Waals surface area contributed by atoms with Crippen LogP contribution in [-0.2, 0) is 9.53 Å². The summed E-state index contributed by atoms with van der Waals surface area (Å²) in [7, 11) is 0. The Hall–Kier alpha value is -3.26. The Morgan fingerprint density at radius 3 is 2.53 bits per heavy atom. The quantitative estimate of drug-likeness (QED) is 0.286. The highest BCUT2D eigenvalue weighted by Crippen LogP contribution is 2.30. The van der Waals surface area contributed by atoms with Crippen LogP contribution >= 0.6 is 15.9 Å². The number of aromatic nitrogens is 2. The van der Waals surface area contributed by atoms with E-state index in [1.807, 2.05) is 63.2 Å². The average Bonchev–Trinajstić information content (AvgIpc) is 3.31. The number of para-hydroxylation sites is 1. The third kappa shape index (κ3) is 4.80. The summed E-state index contributed by atoms with van der Waals surface area (Å²) in [5.74, 6) is -0.965. The van der Waals surface area contributed by atoms with Crippen LogP contribution in [0, 0.1) is 0 Å². The summed E-state index contributed by atoms with van der Waals surface area (Å²) in [5, 5.41) is 7.56. The lowest BCUT2D eigenvalue weighted by atomic mass is 9.98. The maximum Gasteiger partial charge on any atom is 0.407 e. The zero-order chi connectivity index (χ0) is 22.9. The van der Waals surface area contributed by atoms with Gasteiger partial charge in [-0.1, -0.05) is 34.1 Å². The van der Waals surface area contributed by atoms with Crippen molar-refractivity contribution in [3.63, 3.8) is 0 Å². The summed E-state index contributed by atoms with van der Waals surface area (Å²) in [4.78, 5) is 32.0. The predicted octanol–water partition coefficient (Wildman–Crippen LogP) is 5.66. The number of halogens is 1. The van der Waals surface area contributed by atoms with Gasteiger partial charge in [-0.3, -0.25) is 4.79 Å². The second kappa shape index (κ2) is 8.70. The van der Waals surface area contributed by atoms with Crippen molar-refractivity contribution >= 4 is 55.4 Å². The van der Waals surface area contributed by atoms with Crippen LogP contribution in [0.1, 0.15) is 32.3 Å². The van der Waals surface area contributed by atoms with Gasteiger partial charge in [0.05, 0.1) is 11.6 Å². The molecule has 7 nitrogen and oxygen atoms in total. The minimum absolute atomic E-state index is 0.0956. The number of aromatic amines is 2. The van der Waals surface area contributed by atoms with Gasteiger partial charge in [-0.15, -0.1) is 0 Å². The molecule has 0 spiro atoms. The molecule has 2 aromatic carbocycles. The maximum atomic E-state index is 13.4. The Kier molecular flexibility index (Phi) is 5.97. The Labute approximate surface area is 194 Å². The molecule has 4 aromatic rings. The Balaban J connectivity index is 1.62. The molecule has 0 saturated carbocycles. The number of hydrogen-bond donors (Lipinski definition) is 4. The molecule has 0 fully saturated rings. The summed E-state index contributed by atoms with van der Waals surface area (Å²) in [6.07, 6.45) is 2.99. The third-order valence-corrected chi connectivity index (χ3v) is 5.57. The lowest BCUT2D eigenvalue weighted by Gasteiger charge is -2.22. The van der Waals surface area contributed by atoms with E-state index in [1.54, 1.807) is 12.4 Å². The van der Waals surface area contributed by atoms with Gasteiger partial charge >= 0.3 is 6.09 Å². The number of amides is 2. The third-order valence-electron chi connectivity index (χ3n) is 5.07. The molecule has 0 aliphatic heterocycles. The molecule has 32 heavy (non-hydrogen) atoms. The Bertz CT molecular complexity index is 1290. The van der Waals surface area contributed by atoms with Crippen molar-refractivity contribution in [2.45, 2.75) is 32.2 Å². The number of fused-ring (bicyclic) bond motifs is 2. The molecule has 0 radical (unpaired) electrons. The maximum absolute atomic E-state index is 13.4. The summed E-state index contributed by atoms with van der Waals surface area (Å²) >= 11 is 3.47. The normalized spacial score (nSPS) is 12.6. The second-order valence-electron chi connectivity index (χ2n) is 8.70. The van der Waals surface area contributed by atoms with Crippen molar-refractivity contribution in [3.05, 3.63) is 64.9 Å². The van der Waals surface area contributed by atoms with Gasteiger partial charge in [-0.25, -0.2) is 4.79 Å². The van der Waals surface area contributed by atoms with Crippen LogP contribution in [0.25, 0.3) is 21.8 Å². The number of nitrogens with one attached hydrogen (secondary N) is 4. The monoisotopic (exact) mass is 496 g/mol. The SMILES string of the molecule is CC(C)(C)NC(=O)OCC(C(=O)Nc1c[nH]c2ccc(Br)cc12)c1c[nH]c2ccccc12. The first-order valence-electron chi connectivity index (χ1n) is 10.3. The number of alkyl carbamates (subject to hydrolysis) is 1. The molecule has 4 N–H and O–H groups in total. The molecule has 0 aliphatic rings. The average molecular weight is 497 g/mol. The molecule has 2 aromatic heterocycles. The van der Waals surface area contributed by atoms with Gasteiger partial charge in [0.25, 0.3) is 0 Å². The number of rotatable bonds is 5. The van der Waals surface area contributed by atoms with Crippen molar-refractivity contribution in [3.8, 4) is 0 Å². The van der Waals surface area contributed by atoms with Crippen molar-refractivity contribution in [1.82, 2.24) is 15.3 Å². The summed E-state index contributed by atoms with van der Waals surface area (Å²) in [6.45, 7) is 5.51. The van der Waals surface area contributed by atoms with Crippen LogP contribution in [0.4, 0.5) is 10.5 Å². The lowest BCUT2D eigenvalue weighted by Crippen LogP contribution is -2.41. The van der Waals surface area contributed by atoms with Crippen molar-refractivity contribution in [2.75, 3.05) is 11.9 Å². The minimum Gasteiger partial charge on any atom is -0.448 e. The number of anilines is 1. The highest BCUT2D eigenvalue weighted by molar-refractivity contribution is 9.10. The largest absolute Gasteiger partial charge is 0.448 e. The molecular weight excluding hydrogens is 472 g/mol. The fraction of sp³-hybridized carbons (Fsp3) is 0.250. The minimum atomic E-state index is -0.700. The van der Waals surface area contributed by atoms with Gasteiger partial charge in [0, 0.05) is 44.2 Å². The van der Waals surface area contributed by atoms with E-state index in [2.05, 4.69) is 36.5 Å². The zero-order valence-electron chi connectivity index (χ0n) is 18.1. The first-order valence-corrected chi connectivity index (χ1v) is 11.1. The zero-order valence-corrected chi connectivity index (χ0v) is 19.7. The van der Waals surface area contributed by atoms with Gasteiger partial charge in [-0.05, 0) is 50.6 Å².